The van der Waals surface area contributed by atoms with E-state index in [4.69, 9.17) is 4.42 Å². The summed E-state index contributed by atoms with van der Waals surface area (Å²) in [6, 6.07) is 15.0. The molecule has 0 radical (unpaired) electrons. The zero-order valence-corrected chi connectivity index (χ0v) is 34.2. The van der Waals surface area contributed by atoms with Crippen molar-refractivity contribution in [2.75, 3.05) is 44.2 Å². The lowest BCUT2D eigenvalue weighted by molar-refractivity contribution is -0.120. The molecule has 300 valence electrons. The topological polar surface area (TPSA) is 166 Å². The minimum absolute atomic E-state index is 0.0975. The molecule has 0 atom stereocenters. The summed E-state index contributed by atoms with van der Waals surface area (Å²) in [4.78, 5) is 24.0. The Hall–Kier alpha value is -4.11. The number of fused-ring (bicyclic) bond motifs is 2. The summed E-state index contributed by atoms with van der Waals surface area (Å²) >= 11 is 0. The highest BCUT2D eigenvalue weighted by molar-refractivity contribution is 7.89. The second-order valence-electron chi connectivity index (χ2n) is 13.6. The minimum Gasteiger partial charge on any atom is -0.456 e. The quantitative estimate of drug-likeness (QED) is 0.0246. The van der Waals surface area contributed by atoms with E-state index < -0.39 is 25.0 Å². The average Bonchev–Trinajstić information content (AvgIpc) is 3.16. The van der Waals surface area contributed by atoms with Crippen LogP contribution >= 0.6 is 0 Å². The number of unbranched alkanes of at least 4 members (excludes halogenated alkanes) is 8. The second kappa shape index (κ2) is 20.7. The SMILES string of the molecule is CCN(CC)c1ccc2c(-c3ccc(S(=O)(=O)NCCC(=O)NCCCCCCCCCCC=O)cc3S(=O)(=O)O)c3ccc(=[N+](CC)CC)cc-3oc2c1. The van der Waals surface area contributed by atoms with Crippen LogP contribution in [-0.4, -0.2) is 72.9 Å². The van der Waals surface area contributed by atoms with Crippen LogP contribution < -0.4 is 24.9 Å². The number of rotatable bonds is 23. The normalized spacial score (nSPS) is 11.9. The highest BCUT2D eigenvalue weighted by Crippen LogP contribution is 2.43. The molecule has 0 saturated heterocycles. The minimum atomic E-state index is -4.94. The number of carbonyl (C=O) groups excluding carboxylic acids is 2. The zero-order chi connectivity index (χ0) is 40.0. The van der Waals surface area contributed by atoms with E-state index >= 15 is 0 Å². The lowest BCUT2D eigenvalue weighted by Crippen LogP contribution is -2.31. The highest BCUT2D eigenvalue weighted by Gasteiger charge is 2.27. The Labute approximate surface area is 326 Å². The van der Waals surface area contributed by atoms with E-state index in [1.165, 1.54) is 12.1 Å². The van der Waals surface area contributed by atoms with E-state index in [0.717, 1.165) is 101 Å². The molecule has 1 heterocycles. The number of benzene rings is 3. The first-order valence-corrected chi connectivity index (χ1v) is 22.5. The van der Waals surface area contributed by atoms with Gasteiger partial charge in [0.25, 0.3) is 10.1 Å². The van der Waals surface area contributed by atoms with E-state index in [-0.39, 0.29) is 29.3 Å². The average molecular weight is 798 g/mol. The number of sulfonamides is 1. The molecule has 12 nitrogen and oxygen atoms in total. The molecule has 14 heteroatoms. The number of carbonyl (C=O) groups is 2. The largest absolute Gasteiger partial charge is 0.456 e. The molecule has 0 unspecified atom stereocenters. The maximum atomic E-state index is 13.4. The maximum absolute atomic E-state index is 13.4. The summed E-state index contributed by atoms with van der Waals surface area (Å²) < 4.78 is 74.4. The standard InChI is InChI=1S/C41H56N4O8S2/c1-5-44(6-2)31-18-21-34-37(28-31)53-38-29-32(45(7-3)8-4)19-22-35(38)41(34)36-23-20-33(30-39(36)55(50,51)52)54(48,49)43-26-24-40(47)42-25-16-14-12-10-9-11-13-15-17-27-46/h18-23,27-30,43H,5-17,24-26H2,1-4H3,(H-,42,47,50,51,52)/p+1. The lowest BCUT2D eigenvalue weighted by Gasteiger charge is -2.22. The van der Waals surface area contributed by atoms with Crippen molar-refractivity contribution >= 4 is 49.0 Å². The van der Waals surface area contributed by atoms with Crippen LogP contribution in [0.5, 0.6) is 0 Å². The summed E-state index contributed by atoms with van der Waals surface area (Å²) in [5.41, 5.74) is 2.60. The Morgan fingerprint density at radius 1 is 0.800 bits per heavy atom. The fraction of sp³-hybridized carbons (Fsp3) is 0.488. The van der Waals surface area contributed by atoms with Gasteiger partial charge in [-0.2, -0.15) is 8.42 Å². The van der Waals surface area contributed by atoms with E-state index in [0.29, 0.717) is 40.8 Å². The summed E-state index contributed by atoms with van der Waals surface area (Å²) in [7, 11) is -9.20. The van der Waals surface area contributed by atoms with Crippen molar-refractivity contribution in [1.29, 1.82) is 0 Å². The Kier molecular flexibility index (Phi) is 16.4. The first-order valence-electron chi connectivity index (χ1n) is 19.5. The van der Waals surface area contributed by atoms with Crippen molar-refractivity contribution in [3.8, 4) is 22.5 Å². The van der Waals surface area contributed by atoms with Gasteiger partial charge in [0.2, 0.25) is 21.3 Å². The molecular weight excluding hydrogens is 741 g/mol. The van der Waals surface area contributed by atoms with Crippen LogP contribution in [-0.2, 0) is 29.7 Å². The van der Waals surface area contributed by atoms with Crippen molar-refractivity contribution in [2.24, 2.45) is 0 Å². The predicted molar refractivity (Wildman–Crippen MR) is 218 cm³/mol. The Morgan fingerprint density at radius 2 is 1.45 bits per heavy atom. The van der Waals surface area contributed by atoms with Gasteiger partial charge in [-0.05, 0) is 70.9 Å². The van der Waals surface area contributed by atoms with E-state index in [9.17, 15) is 31.0 Å². The van der Waals surface area contributed by atoms with Crippen LogP contribution in [0.1, 0.15) is 91.9 Å². The predicted octanol–water partition coefficient (Wildman–Crippen LogP) is 6.60. The van der Waals surface area contributed by atoms with Crippen LogP contribution in [0.4, 0.5) is 5.69 Å². The van der Waals surface area contributed by atoms with E-state index in [2.05, 4.69) is 47.2 Å². The van der Waals surface area contributed by atoms with Gasteiger partial charge in [0.15, 0.2) is 0 Å². The Morgan fingerprint density at radius 3 is 2.09 bits per heavy atom. The van der Waals surface area contributed by atoms with Gasteiger partial charge in [0.05, 0.1) is 11.0 Å². The molecule has 1 aliphatic heterocycles. The molecule has 0 fully saturated rings. The molecule has 0 saturated carbocycles. The Balaban J connectivity index is 1.57. The number of nitrogens with zero attached hydrogens (tertiary/aromatic N) is 2. The first kappa shape index (κ1) is 43.6. The van der Waals surface area contributed by atoms with Gasteiger partial charge < -0.3 is 19.4 Å². The van der Waals surface area contributed by atoms with E-state index in [1.54, 1.807) is 0 Å². The van der Waals surface area contributed by atoms with Gasteiger partial charge >= 0.3 is 0 Å². The third kappa shape index (κ3) is 11.7. The molecule has 1 amide bonds. The number of hydrogen-bond acceptors (Lipinski definition) is 8. The summed E-state index contributed by atoms with van der Waals surface area (Å²) in [6.07, 6.45) is 9.73. The molecule has 0 aromatic heterocycles. The molecule has 4 rings (SSSR count). The maximum Gasteiger partial charge on any atom is 0.295 e. The highest BCUT2D eigenvalue weighted by atomic mass is 32.2. The fourth-order valence-electron chi connectivity index (χ4n) is 6.93. The first-order chi connectivity index (χ1) is 26.4. The van der Waals surface area contributed by atoms with Crippen LogP contribution in [0.25, 0.3) is 33.4 Å². The summed E-state index contributed by atoms with van der Waals surface area (Å²) in [6.45, 7) is 11.6. The second-order valence-corrected chi connectivity index (χ2v) is 16.8. The molecule has 1 aliphatic carbocycles. The summed E-state index contributed by atoms with van der Waals surface area (Å²) in [5.74, 6) is 0.202. The van der Waals surface area contributed by atoms with Crippen molar-refractivity contribution in [1.82, 2.24) is 14.6 Å². The third-order valence-electron chi connectivity index (χ3n) is 9.97. The van der Waals surface area contributed by atoms with Crippen LogP contribution in [0.15, 0.2) is 68.8 Å². The third-order valence-corrected chi connectivity index (χ3v) is 12.3. The molecule has 0 spiro atoms. The van der Waals surface area contributed by atoms with Gasteiger partial charge in [-0.1, -0.05) is 44.6 Å². The number of amides is 1. The number of aldehydes is 1. The molecule has 55 heavy (non-hydrogen) atoms. The van der Waals surface area contributed by atoms with Gasteiger partial charge in [0.1, 0.15) is 35.6 Å². The number of nitrogens with one attached hydrogen (secondary N) is 2. The van der Waals surface area contributed by atoms with Crippen molar-refractivity contribution < 1.29 is 35.4 Å². The molecule has 2 aromatic carbocycles. The number of anilines is 1. The summed E-state index contributed by atoms with van der Waals surface area (Å²) in [5, 5.41) is 4.33. The molecule has 2 aromatic rings. The lowest BCUT2D eigenvalue weighted by atomic mass is 9.93. The van der Waals surface area contributed by atoms with Crippen molar-refractivity contribution in [3.63, 3.8) is 0 Å². The monoisotopic (exact) mass is 797 g/mol. The van der Waals surface area contributed by atoms with Crippen molar-refractivity contribution in [2.45, 2.75) is 102 Å². The molecular formula is C41H57N4O8S2+. The molecule has 3 N–H and O–H groups in total. The zero-order valence-electron chi connectivity index (χ0n) is 32.6. The smallest absolute Gasteiger partial charge is 0.295 e. The number of hydrogen-bond donors (Lipinski definition) is 3. The fourth-order valence-corrected chi connectivity index (χ4v) is 8.79. The van der Waals surface area contributed by atoms with Crippen molar-refractivity contribution in [3.05, 3.63) is 60.0 Å². The van der Waals surface area contributed by atoms with Crippen LogP contribution in [0.3, 0.4) is 0 Å². The van der Waals surface area contributed by atoms with Gasteiger partial charge in [-0.3, -0.25) is 9.35 Å². The van der Waals surface area contributed by atoms with Gasteiger partial charge in [-0.15, -0.1) is 0 Å². The van der Waals surface area contributed by atoms with E-state index in [1.807, 2.05) is 36.4 Å². The van der Waals surface area contributed by atoms with Gasteiger partial charge in [-0.25, -0.2) is 17.7 Å². The van der Waals surface area contributed by atoms with Crippen LogP contribution in [0, 0.1) is 0 Å². The van der Waals surface area contributed by atoms with Crippen LogP contribution in [0.2, 0.25) is 0 Å². The Bertz CT molecular complexity index is 2170. The van der Waals surface area contributed by atoms with Gasteiger partial charge in [0, 0.05) is 78.9 Å². The molecule has 0 bridgehead atoms. The molecule has 2 aliphatic rings.